The van der Waals surface area contributed by atoms with Gasteiger partial charge in [0, 0.05) is 31.6 Å². The molecular weight excluding hydrogens is 285 g/mol. The molecule has 0 atom stereocenters. The largest absolute Gasteiger partial charge is 0.356 e. The van der Waals surface area contributed by atoms with Gasteiger partial charge in [0.05, 0.1) is 4.90 Å². The van der Waals surface area contributed by atoms with E-state index in [1.807, 2.05) is 0 Å². The van der Waals surface area contributed by atoms with Crippen molar-refractivity contribution in [2.75, 3.05) is 13.1 Å². The number of benzene rings is 1. The van der Waals surface area contributed by atoms with Crippen LogP contribution in [-0.4, -0.2) is 27.4 Å². The second kappa shape index (κ2) is 7.32. The van der Waals surface area contributed by atoms with Crippen LogP contribution in [0.5, 0.6) is 0 Å². The molecular formula is C12H18FN3O3S. The Kier molecular flexibility index (Phi) is 6.05. The Hall–Kier alpha value is -1.51. The van der Waals surface area contributed by atoms with Gasteiger partial charge in [-0.1, -0.05) is 0 Å². The number of carbonyl (C=O) groups is 1. The minimum Gasteiger partial charge on any atom is -0.356 e. The van der Waals surface area contributed by atoms with E-state index in [0.717, 1.165) is 12.1 Å². The van der Waals surface area contributed by atoms with E-state index in [9.17, 15) is 17.6 Å². The number of amides is 1. The summed E-state index contributed by atoms with van der Waals surface area (Å²) >= 11 is 0. The number of rotatable bonds is 7. The second-order valence-corrected chi connectivity index (χ2v) is 5.83. The molecule has 6 nitrogen and oxygen atoms in total. The van der Waals surface area contributed by atoms with Crippen molar-refractivity contribution < 1.29 is 17.6 Å². The van der Waals surface area contributed by atoms with E-state index >= 15 is 0 Å². The fourth-order valence-corrected chi connectivity index (χ4v) is 2.62. The predicted octanol–water partition coefficient (Wildman–Crippen LogP) is 0.0889. The SMILES string of the molecule is CCNC(=O)CCNS(=O)(=O)c1ccc(F)c(CN)c1. The average Bonchev–Trinajstić information content (AvgIpc) is 2.39. The zero-order valence-electron chi connectivity index (χ0n) is 11.1. The maximum atomic E-state index is 13.3. The van der Waals surface area contributed by atoms with Gasteiger partial charge in [-0.3, -0.25) is 4.79 Å². The lowest BCUT2D eigenvalue weighted by atomic mass is 10.2. The number of nitrogens with one attached hydrogen (secondary N) is 2. The molecule has 1 amide bonds. The van der Waals surface area contributed by atoms with E-state index in [2.05, 4.69) is 10.0 Å². The van der Waals surface area contributed by atoms with Crippen LogP contribution in [0.25, 0.3) is 0 Å². The normalized spacial score (nSPS) is 11.3. The van der Waals surface area contributed by atoms with Crippen LogP contribution in [0.1, 0.15) is 18.9 Å². The van der Waals surface area contributed by atoms with Gasteiger partial charge in [-0.25, -0.2) is 17.5 Å². The molecule has 0 unspecified atom stereocenters. The maximum absolute atomic E-state index is 13.3. The molecule has 0 radical (unpaired) electrons. The smallest absolute Gasteiger partial charge is 0.240 e. The van der Waals surface area contributed by atoms with Crippen LogP contribution in [0.4, 0.5) is 4.39 Å². The zero-order chi connectivity index (χ0) is 15.2. The van der Waals surface area contributed by atoms with Crippen molar-refractivity contribution in [2.45, 2.75) is 24.8 Å². The van der Waals surface area contributed by atoms with Gasteiger partial charge < -0.3 is 11.1 Å². The lowest BCUT2D eigenvalue weighted by Crippen LogP contribution is -2.30. The van der Waals surface area contributed by atoms with Gasteiger partial charge in [-0.15, -0.1) is 0 Å². The van der Waals surface area contributed by atoms with Gasteiger partial charge in [0.15, 0.2) is 0 Å². The van der Waals surface area contributed by atoms with Crippen LogP contribution in [0.3, 0.4) is 0 Å². The summed E-state index contributed by atoms with van der Waals surface area (Å²) in [7, 11) is -3.77. The molecule has 4 N–H and O–H groups in total. The van der Waals surface area contributed by atoms with Crippen LogP contribution in [0, 0.1) is 5.82 Å². The third-order valence-corrected chi connectivity index (χ3v) is 4.02. The molecule has 0 aliphatic heterocycles. The Bertz CT molecular complexity index is 575. The summed E-state index contributed by atoms with van der Waals surface area (Å²) < 4.78 is 39.4. The summed E-state index contributed by atoms with van der Waals surface area (Å²) in [5.41, 5.74) is 5.45. The van der Waals surface area contributed by atoms with Crippen molar-refractivity contribution >= 4 is 15.9 Å². The van der Waals surface area contributed by atoms with Crippen molar-refractivity contribution in [3.63, 3.8) is 0 Å². The highest BCUT2D eigenvalue weighted by atomic mass is 32.2. The summed E-state index contributed by atoms with van der Waals surface area (Å²) in [5.74, 6) is -0.786. The molecule has 8 heteroatoms. The Morgan fingerprint density at radius 3 is 2.70 bits per heavy atom. The molecule has 20 heavy (non-hydrogen) atoms. The van der Waals surface area contributed by atoms with Gasteiger partial charge >= 0.3 is 0 Å². The first-order valence-corrected chi connectivity index (χ1v) is 7.64. The summed E-state index contributed by atoms with van der Waals surface area (Å²) in [6, 6.07) is 3.40. The van der Waals surface area contributed by atoms with Gasteiger partial charge in [-0.2, -0.15) is 0 Å². The summed E-state index contributed by atoms with van der Waals surface area (Å²) in [6.45, 7) is 2.15. The molecule has 0 bridgehead atoms. The number of halogens is 1. The molecule has 0 heterocycles. The molecule has 1 aromatic rings. The van der Waals surface area contributed by atoms with Gasteiger partial charge in [0.25, 0.3) is 0 Å². The number of carbonyl (C=O) groups excluding carboxylic acids is 1. The minimum absolute atomic E-state index is 0.0243. The minimum atomic E-state index is -3.77. The number of sulfonamides is 1. The molecule has 0 spiro atoms. The molecule has 1 aromatic carbocycles. The van der Waals surface area contributed by atoms with Crippen LogP contribution in [0.2, 0.25) is 0 Å². The molecule has 0 saturated carbocycles. The van der Waals surface area contributed by atoms with Crippen molar-refractivity contribution in [2.24, 2.45) is 5.73 Å². The van der Waals surface area contributed by atoms with Crippen LogP contribution < -0.4 is 15.8 Å². The highest BCUT2D eigenvalue weighted by Crippen LogP contribution is 2.14. The van der Waals surface area contributed by atoms with Crippen molar-refractivity contribution in [1.29, 1.82) is 0 Å². The van der Waals surface area contributed by atoms with Gasteiger partial charge in [0.2, 0.25) is 15.9 Å². The molecule has 0 aromatic heterocycles. The molecule has 1 rings (SSSR count). The molecule has 112 valence electrons. The van der Waals surface area contributed by atoms with E-state index in [4.69, 9.17) is 5.73 Å². The van der Waals surface area contributed by atoms with Gasteiger partial charge in [-0.05, 0) is 25.1 Å². The fourth-order valence-electron chi connectivity index (χ4n) is 1.54. The van der Waals surface area contributed by atoms with E-state index < -0.39 is 15.8 Å². The van der Waals surface area contributed by atoms with Crippen LogP contribution >= 0.6 is 0 Å². The van der Waals surface area contributed by atoms with Crippen molar-refractivity contribution in [3.05, 3.63) is 29.6 Å². The summed E-state index contributed by atoms with van der Waals surface area (Å²) in [4.78, 5) is 11.1. The summed E-state index contributed by atoms with van der Waals surface area (Å²) in [5, 5.41) is 2.56. The molecule has 0 saturated heterocycles. The number of nitrogens with two attached hydrogens (primary N) is 1. The molecule has 0 aliphatic rings. The van der Waals surface area contributed by atoms with Gasteiger partial charge in [0.1, 0.15) is 5.82 Å². The monoisotopic (exact) mass is 303 g/mol. The number of hydrogen-bond donors (Lipinski definition) is 3. The van der Waals surface area contributed by atoms with E-state index in [1.165, 1.54) is 6.07 Å². The first-order chi connectivity index (χ1) is 9.40. The maximum Gasteiger partial charge on any atom is 0.240 e. The van der Waals surface area contributed by atoms with Crippen molar-refractivity contribution in [1.82, 2.24) is 10.0 Å². The zero-order valence-corrected chi connectivity index (χ0v) is 12.0. The highest BCUT2D eigenvalue weighted by Gasteiger charge is 2.16. The standard InChI is InChI=1S/C12H18FN3O3S/c1-2-15-12(17)5-6-16-20(18,19)10-3-4-11(13)9(7-10)8-14/h3-4,7,16H,2,5-6,8,14H2,1H3,(H,15,17). The Morgan fingerprint density at radius 1 is 1.40 bits per heavy atom. The predicted molar refractivity (Wildman–Crippen MR) is 72.8 cm³/mol. The molecule has 0 fully saturated rings. The Morgan fingerprint density at radius 2 is 2.10 bits per heavy atom. The second-order valence-electron chi connectivity index (χ2n) is 4.06. The fraction of sp³-hybridized carbons (Fsp3) is 0.417. The summed E-state index contributed by atoms with van der Waals surface area (Å²) in [6.07, 6.45) is 0.0397. The highest BCUT2D eigenvalue weighted by molar-refractivity contribution is 7.89. The Balaban J connectivity index is 2.72. The quantitative estimate of drug-likeness (QED) is 0.664. The van der Waals surface area contributed by atoms with E-state index in [-0.39, 0.29) is 35.9 Å². The lowest BCUT2D eigenvalue weighted by molar-refractivity contribution is -0.120. The number of hydrogen-bond acceptors (Lipinski definition) is 4. The first kappa shape index (κ1) is 16.5. The topological polar surface area (TPSA) is 101 Å². The molecule has 0 aliphatic carbocycles. The first-order valence-electron chi connectivity index (χ1n) is 6.15. The average molecular weight is 303 g/mol. The third-order valence-electron chi connectivity index (χ3n) is 2.57. The van der Waals surface area contributed by atoms with Crippen LogP contribution in [-0.2, 0) is 21.4 Å². The lowest BCUT2D eigenvalue weighted by Gasteiger charge is -2.08. The van der Waals surface area contributed by atoms with Crippen LogP contribution in [0.15, 0.2) is 23.1 Å². The van der Waals surface area contributed by atoms with E-state index in [0.29, 0.717) is 6.54 Å². The Labute approximate surface area is 117 Å². The third kappa shape index (κ3) is 4.55. The van der Waals surface area contributed by atoms with E-state index in [1.54, 1.807) is 6.92 Å². The van der Waals surface area contributed by atoms with Crippen molar-refractivity contribution in [3.8, 4) is 0 Å².